The summed E-state index contributed by atoms with van der Waals surface area (Å²) in [7, 11) is 0. The smallest absolute Gasteiger partial charge is 0.314 e. The normalized spacial score (nSPS) is 11.1. The van der Waals surface area contributed by atoms with Crippen molar-refractivity contribution in [3.8, 4) is 17.1 Å². The first-order chi connectivity index (χ1) is 12.8. The number of benzene rings is 2. The van der Waals surface area contributed by atoms with Crippen molar-refractivity contribution in [2.45, 2.75) is 26.4 Å². The monoisotopic (exact) mass is 373 g/mol. The third-order valence-corrected chi connectivity index (χ3v) is 3.87. The summed E-state index contributed by atoms with van der Waals surface area (Å²) in [6, 6.07) is 8.00. The third-order valence-electron chi connectivity index (χ3n) is 3.87. The molecule has 0 bridgehead atoms. The van der Waals surface area contributed by atoms with Crippen LogP contribution >= 0.6 is 0 Å². The van der Waals surface area contributed by atoms with Gasteiger partial charge in [-0.25, -0.2) is 4.39 Å². The molecule has 0 saturated heterocycles. The number of nitro groups is 1. The lowest BCUT2D eigenvalue weighted by atomic mass is 10.0. The number of hydrogen-bond acceptors (Lipinski definition) is 5. The number of rotatable bonds is 6. The van der Waals surface area contributed by atoms with Crippen LogP contribution in [0.3, 0.4) is 0 Å². The van der Waals surface area contributed by atoms with E-state index in [9.17, 15) is 24.4 Å². The molecule has 0 amide bonds. The Kier molecular flexibility index (Phi) is 4.81. The number of carboxylic acids is 1. The van der Waals surface area contributed by atoms with Crippen LogP contribution in [0, 0.1) is 15.9 Å². The third kappa shape index (κ3) is 3.74. The van der Waals surface area contributed by atoms with Crippen LogP contribution in [0.4, 0.5) is 10.1 Å². The molecule has 0 aliphatic rings. The molecule has 3 rings (SSSR count). The minimum Gasteiger partial charge on any atom is -0.484 e. The summed E-state index contributed by atoms with van der Waals surface area (Å²) in [5.74, 6) is -1.28. The van der Waals surface area contributed by atoms with Gasteiger partial charge in [-0.2, -0.15) is 0 Å². The van der Waals surface area contributed by atoms with Gasteiger partial charge in [-0.1, -0.05) is 0 Å². The number of nitrogens with zero attached hydrogens (tertiary/aromatic N) is 1. The summed E-state index contributed by atoms with van der Waals surface area (Å²) in [6.07, 6.45) is -0.675. The van der Waals surface area contributed by atoms with Crippen LogP contribution in [0.5, 0.6) is 5.75 Å². The fourth-order valence-corrected chi connectivity index (χ4v) is 2.82. The largest absolute Gasteiger partial charge is 0.484 e. The maximum absolute atomic E-state index is 13.2. The van der Waals surface area contributed by atoms with Gasteiger partial charge >= 0.3 is 11.7 Å². The molecule has 0 aliphatic carbocycles. The highest BCUT2D eigenvalue weighted by molar-refractivity contribution is 5.94. The first kappa shape index (κ1) is 18.4. The molecule has 1 N–H and O–H groups in total. The average Bonchev–Trinajstić information content (AvgIpc) is 2.91. The van der Waals surface area contributed by atoms with Gasteiger partial charge in [-0.05, 0) is 44.2 Å². The molecular formula is C19H16FNO6. The number of carboxylic acid groups (broad SMARTS) is 1. The van der Waals surface area contributed by atoms with Crippen molar-refractivity contribution in [1.82, 2.24) is 0 Å². The van der Waals surface area contributed by atoms with Crippen LogP contribution in [0.2, 0.25) is 0 Å². The molecule has 0 saturated carbocycles. The second kappa shape index (κ2) is 7.06. The Bertz CT molecular complexity index is 1020. The molecule has 1 heterocycles. The number of fused-ring (bicyclic) bond motifs is 1. The summed E-state index contributed by atoms with van der Waals surface area (Å²) >= 11 is 0. The molecule has 0 spiro atoms. The number of nitro benzene ring substituents is 1. The van der Waals surface area contributed by atoms with Crippen LogP contribution in [-0.4, -0.2) is 22.1 Å². The Morgan fingerprint density at radius 3 is 2.52 bits per heavy atom. The predicted octanol–water partition coefficient (Wildman–Crippen LogP) is 4.56. The molecule has 1 aromatic heterocycles. The van der Waals surface area contributed by atoms with Crippen molar-refractivity contribution in [3.63, 3.8) is 0 Å². The lowest BCUT2D eigenvalue weighted by Crippen LogP contribution is -2.07. The van der Waals surface area contributed by atoms with Crippen LogP contribution in [-0.2, 0) is 11.2 Å². The lowest BCUT2D eigenvalue weighted by molar-refractivity contribution is -0.385. The minimum absolute atomic E-state index is 0.0283. The maximum atomic E-state index is 13.2. The van der Waals surface area contributed by atoms with E-state index >= 15 is 0 Å². The summed E-state index contributed by atoms with van der Waals surface area (Å²) in [6.45, 7) is 3.46. The van der Waals surface area contributed by atoms with Crippen molar-refractivity contribution < 1.29 is 28.4 Å². The fourth-order valence-electron chi connectivity index (χ4n) is 2.82. The van der Waals surface area contributed by atoms with E-state index in [-0.39, 0.29) is 35.3 Å². The molecule has 0 unspecified atom stereocenters. The van der Waals surface area contributed by atoms with Crippen molar-refractivity contribution >= 4 is 22.6 Å². The topological polar surface area (TPSA) is 103 Å². The minimum atomic E-state index is -1.09. The van der Waals surface area contributed by atoms with Crippen LogP contribution in [0.15, 0.2) is 40.8 Å². The number of aliphatic carboxylic acids is 1. The van der Waals surface area contributed by atoms with Crippen LogP contribution in [0.25, 0.3) is 22.3 Å². The average molecular weight is 373 g/mol. The zero-order valence-electron chi connectivity index (χ0n) is 14.6. The van der Waals surface area contributed by atoms with Gasteiger partial charge in [0.2, 0.25) is 0 Å². The number of furan rings is 1. The van der Waals surface area contributed by atoms with Crippen molar-refractivity contribution in [3.05, 3.63) is 57.9 Å². The Hall–Kier alpha value is -3.42. The van der Waals surface area contributed by atoms with Gasteiger partial charge in [-0.3, -0.25) is 14.9 Å². The van der Waals surface area contributed by atoms with E-state index in [2.05, 4.69) is 0 Å². The van der Waals surface area contributed by atoms with E-state index in [0.29, 0.717) is 16.5 Å². The van der Waals surface area contributed by atoms with Crippen molar-refractivity contribution in [2.24, 2.45) is 0 Å². The zero-order valence-corrected chi connectivity index (χ0v) is 14.6. The van der Waals surface area contributed by atoms with Gasteiger partial charge in [0, 0.05) is 16.5 Å². The van der Waals surface area contributed by atoms with Gasteiger partial charge in [-0.15, -0.1) is 0 Å². The Labute approximate surface area is 153 Å². The molecule has 27 heavy (non-hydrogen) atoms. The van der Waals surface area contributed by atoms with Crippen molar-refractivity contribution in [2.75, 3.05) is 0 Å². The van der Waals surface area contributed by atoms with E-state index in [0.717, 1.165) is 0 Å². The van der Waals surface area contributed by atoms with Gasteiger partial charge in [0.25, 0.3) is 0 Å². The summed E-state index contributed by atoms with van der Waals surface area (Å²) < 4.78 is 24.5. The molecule has 8 heteroatoms. The van der Waals surface area contributed by atoms with Gasteiger partial charge in [0.15, 0.2) is 5.75 Å². The molecule has 0 fully saturated rings. The van der Waals surface area contributed by atoms with Crippen LogP contribution < -0.4 is 4.74 Å². The molecule has 0 atom stereocenters. The number of ether oxygens (including phenoxy) is 1. The molecule has 0 aliphatic heterocycles. The molecular weight excluding hydrogens is 357 g/mol. The number of halogens is 1. The molecule has 2 aromatic carbocycles. The molecule has 3 aromatic rings. The molecule has 7 nitrogen and oxygen atoms in total. The van der Waals surface area contributed by atoms with E-state index in [1.54, 1.807) is 13.8 Å². The highest BCUT2D eigenvalue weighted by Crippen LogP contribution is 2.40. The second-order valence-electron chi connectivity index (χ2n) is 6.23. The van der Waals surface area contributed by atoms with Gasteiger partial charge in [0.05, 0.1) is 23.5 Å². The zero-order chi connectivity index (χ0) is 19.7. The summed E-state index contributed by atoms with van der Waals surface area (Å²) in [5.41, 5.74) is 0.691. The maximum Gasteiger partial charge on any atom is 0.314 e. The SMILES string of the molecule is CC(C)Oc1cc2c(CC(=O)O)c(-c3ccc(F)cc3)oc2cc1[N+](=O)[O-]. The van der Waals surface area contributed by atoms with E-state index in [1.165, 1.54) is 36.4 Å². The van der Waals surface area contributed by atoms with E-state index < -0.39 is 16.7 Å². The van der Waals surface area contributed by atoms with Crippen LogP contribution in [0.1, 0.15) is 19.4 Å². The Morgan fingerprint density at radius 2 is 1.96 bits per heavy atom. The highest BCUT2D eigenvalue weighted by Gasteiger charge is 2.25. The number of hydrogen-bond donors (Lipinski definition) is 1. The molecule has 140 valence electrons. The molecule has 0 radical (unpaired) electrons. The second-order valence-corrected chi connectivity index (χ2v) is 6.23. The number of carbonyl (C=O) groups is 1. The summed E-state index contributed by atoms with van der Waals surface area (Å²) in [4.78, 5) is 22.1. The lowest BCUT2D eigenvalue weighted by Gasteiger charge is -2.10. The standard InChI is InChI=1S/C19H16FNO6/c1-10(2)26-17-7-13-14(8-18(22)23)19(11-3-5-12(20)6-4-11)27-16(13)9-15(17)21(24)25/h3-7,9-10H,8H2,1-2H3,(H,22,23). The first-order valence-electron chi connectivity index (χ1n) is 8.14. The Balaban J connectivity index is 2.28. The van der Waals surface area contributed by atoms with Gasteiger partial charge in [0.1, 0.15) is 17.2 Å². The summed E-state index contributed by atoms with van der Waals surface area (Å²) in [5, 5.41) is 21.0. The Morgan fingerprint density at radius 1 is 1.30 bits per heavy atom. The first-order valence-corrected chi connectivity index (χ1v) is 8.14. The van der Waals surface area contributed by atoms with E-state index in [4.69, 9.17) is 9.15 Å². The fraction of sp³-hybridized carbons (Fsp3) is 0.211. The van der Waals surface area contributed by atoms with E-state index in [1.807, 2.05) is 0 Å². The van der Waals surface area contributed by atoms with Gasteiger partial charge < -0.3 is 14.3 Å². The predicted molar refractivity (Wildman–Crippen MR) is 95.4 cm³/mol. The highest BCUT2D eigenvalue weighted by atomic mass is 19.1. The van der Waals surface area contributed by atoms with Crippen molar-refractivity contribution in [1.29, 1.82) is 0 Å². The quantitative estimate of drug-likeness (QED) is 0.502.